The summed E-state index contributed by atoms with van der Waals surface area (Å²) in [5.41, 5.74) is 4.82. The minimum atomic E-state index is -0.655. The van der Waals surface area contributed by atoms with Crippen molar-refractivity contribution in [3.63, 3.8) is 0 Å². The van der Waals surface area contributed by atoms with E-state index < -0.39 is 5.54 Å². The molecular weight excluding hydrogens is 138 g/mol. The Labute approximate surface area is 69.2 Å². The van der Waals surface area contributed by atoms with Crippen LogP contribution in [-0.4, -0.2) is 11.3 Å². The Balaban J connectivity index is 4.50. The molecule has 0 aliphatic rings. The SMILES string of the molecule is CC[C@](C)(N)C(=O)C(C)(C)C. The molecule has 0 amide bonds. The second-order valence-electron chi connectivity index (χ2n) is 4.35. The van der Waals surface area contributed by atoms with Crippen LogP contribution in [0.4, 0.5) is 0 Å². The van der Waals surface area contributed by atoms with Crippen molar-refractivity contribution in [3.05, 3.63) is 0 Å². The lowest BCUT2D eigenvalue weighted by Crippen LogP contribution is -2.49. The Bertz CT molecular complexity index is 153. The molecule has 2 heteroatoms. The number of hydrogen-bond acceptors (Lipinski definition) is 2. The summed E-state index contributed by atoms with van der Waals surface area (Å²) in [7, 11) is 0. The van der Waals surface area contributed by atoms with E-state index in [1.807, 2.05) is 27.7 Å². The van der Waals surface area contributed by atoms with E-state index in [0.717, 1.165) is 0 Å². The average molecular weight is 157 g/mol. The van der Waals surface area contributed by atoms with E-state index in [1.165, 1.54) is 0 Å². The van der Waals surface area contributed by atoms with E-state index in [0.29, 0.717) is 6.42 Å². The summed E-state index contributed by atoms with van der Waals surface area (Å²) in [6.07, 6.45) is 0.698. The highest BCUT2D eigenvalue weighted by molar-refractivity contribution is 5.91. The van der Waals surface area contributed by atoms with Gasteiger partial charge < -0.3 is 5.73 Å². The normalized spacial score (nSPS) is 17.6. The predicted molar refractivity (Wildman–Crippen MR) is 47.3 cm³/mol. The number of nitrogens with two attached hydrogens (primary N) is 1. The molecule has 0 spiro atoms. The van der Waals surface area contributed by atoms with Crippen LogP contribution in [0.2, 0.25) is 0 Å². The van der Waals surface area contributed by atoms with E-state index in [4.69, 9.17) is 5.73 Å². The van der Waals surface area contributed by atoms with E-state index in [2.05, 4.69) is 0 Å². The molecule has 1 atom stereocenters. The van der Waals surface area contributed by atoms with Gasteiger partial charge >= 0.3 is 0 Å². The van der Waals surface area contributed by atoms with Gasteiger partial charge in [0.2, 0.25) is 0 Å². The second-order valence-corrected chi connectivity index (χ2v) is 4.35. The lowest BCUT2D eigenvalue weighted by Gasteiger charge is -2.29. The van der Waals surface area contributed by atoms with Crippen molar-refractivity contribution in [1.29, 1.82) is 0 Å². The monoisotopic (exact) mass is 157 g/mol. The molecule has 2 nitrogen and oxygen atoms in total. The third-order valence-corrected chi connectivity index (χ3v) is 1.93. The first-order valence-electron chi connectivity index (χ1n) is 4.05. The molecular formula is C9H19NO. The fourth-order valence-electron chi connectivity index (χ4n) is 1.02. The van der Waals surface area contributed by atoms with Gasteiger partial charge in [0.15, 0.2) is 5.78 Å². The molecule has 0 unspecified atom stereocenters. The minimum absolute atomic E-state index is 0.132. The largest absolute Gasteiger partial charge is 0.319 e. The van der Waals surface area contributed by atoms with Crippen LogP contribution in [0, 0.1) is 5.41 Å². The molecule has 0 radical (unpaired) electrons. The lowest BCUT2D eigenvalue weighted by molar-refractivity contribution is -0.131. The van der Waals surface area contributed by atoms with E-state index in [-0.39, 0.29) is 11.2 Å². The zero-order valence-corrected chi connectivity index (χ0v) is 8.19. The summed E-state index contributed by atoms with van der Waals surface area (Å²) < 4.78 is 0. The zero-order chi connectivity index (χ0) is 9.28. The maximum absolute atomic E-state index is 11.6. The summed E-state index contributed by atoms with van der Waals surface area (Å²) in [5.74, 6) is 0.132. The quantitative estimate of drug-likeness (QED) is 0.663. The number of carbonyl (C=O) groups excluding carboxylic acids is 1. The van der Waals surface area contributed by atoms with Gasteiger partial charge in [0.25, 0.3) is 0 Å². The van der Waals surface area contributed by atoms with Crippen molar-refractivity contribution in [3.8, 4) is 0 Å². The second kappa shape index (κ2) is 2.94. The van der Waals surface area contributed by atoms with Gasteiger partial charge in [0, 0.05) is 5.41 Å². The molecule has 0 saturated heterocycles. The van der Waals surface area contributed by atoms with Crippen LogP contribution in [0.25, 0.3) is 0 Å². The van der Waals surface area contributed by atoms with Crippen molar-refractivity contribution in [1.82, 2.24) is 0 Å². The summed E-state index contributed by atoms with van der Waals surface area (Å²) >= 11 is 0. The molecule has 0 aromatic carbocycles. The smallest absolute Gasteiger partial charge is 0.157 e. The highest BCUT2D eigenvalue weighted by Gasteiger charge is 2.34. The number of rotatable bonds is 2. The Kier molecular flexibility index (Phi) is 2.84. The van der Waals surface area contributed by atoms with Crippen molar-refractivity contribution in [2.75, 3.05) is 0 Å². The first-order chi connectivity index (χ1) is 4.72. The van der Waals surface area contributed by atoms with Crippen LogP contribution >= 0.6 is 0 Å². The Morgan fingerprint density at radius 1 is 1.27 bits per heavy atom. The summed E-state index contributed by atoms with van der Waals surface area (Å²) in [6, 6.07) is 0. The van der Waals surface area contributed by atoms with Crippen LogP contribution in [0.3, 0.4) is 0 Å². The van der Waals surface area contributed by atoms with Gasteiger partial charge in [-0.3, -0.25) is 4.79 Å². The van der Waals surface area contributed by atoms with Crippen molar-refractivity contribution in [2.24, 2.45) is 11.1 Å². The Morgan fingerprint density at radius 2 is 1.64 bits per heavy atom. The van der Waals surface area contributed by atoms with E-state index in [1.54, 1.807) is 6.92 Å². The standard InChI is InChI=1S/C9H19NO/c1-6-9(5,10)7(11)8(2,3)4/h6,10H2,1-5H3/t9-/m0/s1. The fourth-order valence-corrected chi connectivity index (χ4v) is 1.02. The van der Waals surface area contributed by atoms with Crippen LogP contribution in [-0.2, 0) is 4.79 Å². The maximum Gasteiger partial charge on any atom is 0.157 e. The molecule has 0 aliphatic heterocycles. The highest BCUT2D eigenvalue weighted by atomic mass is 16.1. The Hall–Kier alpha value is -0.370. The van der Waals surface area contributed by atoms with Crippen LogP contribution in [0.5, 0.6) is 0 Å². The first-order valence-corrected chi connectivity index (χ1v) is 4.05. The molecule has 0 aromatic rings. The van der Waals surface area contributed by atoms with Gasteiger partial charge in [0.05, 0.1) is 5.54 Å². The predicted octanol–water partition coefficient (Wildman–Crippen LogP) is 1.73. The van der Waals surface area contributed by atoms with Crippen LogP contribution < -0.4 is 5.73 Å². The molecule has 11 heavy (non-hydrogen) atoms. The first kappa shape index (κ1) is 10.6. The molecule has 66 valence electrons. The third-order valence-electron chi connectivity index (χ3n) is 1.93. The third kappa shape index (κ3) is 2.62. The number of hydrogen-bond donors (Lipinski definition) is 1. The molecule has 0 aromatic heterocycles. The van der Waals surface area contributed by atoms with Gasteiger partial charge in [0.1, 0.15) is 0 Å². The van der Waals surface area contributed by atoms with Gasteiger partial charge in [-0.2, -0.15) is 0 Å². The fraction of sp³-hybridized carbons (Fsp3) is 0.889. The van der Waals surface area contributed by atoms with Gasteiger partial charge in [-0.1, -0.05) is 27.7 Å². The summed E-state index contributed by atoms with van der Waals surface area (Å²) in [4.78, 5) is 11.6. The van der Waals surface area contributed by atoms with Crippen LogP contribution in [0.1, 0.15) is 41.0 Å². The van der Waals surface area contributed by atoms with Crippen LogP contribution in [0.15, 0.2) is 0 Å². The average Bonchev–Trinajstić information content (AvgIpc) is 1.84. The van der Waals surface area contributed by atoms with Crippen molar-refractivity contribution >= 4 is 5.78 Å². The minimum Gasteiger partial charge on any atom is -0.319 e. The lowest BCUT2D eigenvalue weighted by atomic mass is 9.78. The maximum atomic E-state index is 11.6. The van der Waals surface area contributed by atoms with Crippen molar-refractivity contribution < 1.29 is 4.79 Å². The number of carbonyl (C=O) groups is 1. The van der Waals surface area contributed by atoms with Crippen molar-refractivity contribution in [2.45, 2.75) is 46.6 Å². The number of ketones is 1. The van der Waals surface area contributed by atoms with Gasteiger partial charge in [-0.25, -0.2) is 0 Å². The molecule has 0 fully saturated rings. The number of Topliss-reactive ketones (excluding diaryl/α,β-unsaturated/α-hetero) is 1. The van der Waals surface area contributed by atoms with E-state index >= 15 is 0 Å². The summed E-state index contributed by atoms with van der Waals surface area (Å²) in [5, 5.41) is 0. The molecule has 0 bridgehead atoms. The Morgan fingerprint density at radius 3 is 1.73 bits per heavy atom. The molecule has 0 rings (SSSR count). The van der Waals surface area contributed by atoms with Gasteiger partial charge in [-0.15, -0.1) is 0 Å². The summed E-state index contributed by atoms with van der Waals surface area (Å²) in [6.45, 7) is 9.42. The highest BCUT2D eigenvalue weighted by Crippen LogP contribution is 2.22. The zero-order valence-electron chi connectivity index (χ0n) is 8.19. The molecule has 0 aliphatic carbocycles. The topological polar surface area (TPSA) is 43.1 Å². The molecule has 0 heterocycles. The molecule has 0 saturated carbocycles. The van der Waals surface area contributed by atoms with E-state index in [9.17, 15) is 4.79 Å². The molecule has 2 N–H and O–H groups in total. The van der Waals surface area contributed by atoms with Gasteiger partial charge in [-0.05, 0) is 13.3 Å².